The number of hydrogen-bond donors (Lipinski definition) is 0. The van der Waals surface area contributed by atoms with Crippen molar-refractivity contribution in [3.63, 3.8) is 0 Å². The van der Waals surface area contributed by atoms with Gasteiger partial charge in [-0.2, -0.15) is 0 Å². The average molecular weight is 216 g/mol. The van der Waals surface area contributed by atoms with Crippen LogP contribution in [-0.2, 0) is 19.1 Å². The molecule has 0 saturated heterocycles. The Morgan fingerprint density at radius 2 is 1.93 bits per heavy atom. The summed E-state index contributed by atoms with van der Waals surface area (Å²) in [6, 6.07) is 0. The number of carbonyl (C=O) groups is 2. The second-order valence-corrected chi connectivity index (χ2v) is 3.64. The van der Waals surface area contributed by atoms with Crippen molar-refractivity contribution in [1.29, 1.82) is 0 Å². The lowest BCUT2D eigenvalue weighted by atomic mass is 9.97. The quantitative estimate of drug-likeness (QED) is 0.606. The normalized spacial score (nSPS) is 14.4. The molecular weight excluding hydrogens is 196 g/mol. The minimum atomic E-state index is -0.340. The Balaban J connectivity index is 4.14. The lowest BCUT2D eigenvalue weighted by Crippen LogP contribution is -2.26. The maximum Gasteiger partial charge on any atom is 0.302 e. The van der Waals surface area contributed by atoms with Crippen molar-refractivity contribution in [1.82, 2.24) is 0 Å². The largest absolute Gasteiger partial charge is 0.460 e. The van der Waals surface area contributed by atoms with Gasteiger partial charge in [0.25, 0.3) is 0 Å². The van der Waals surface area contributed by atoms with E-state index in [0.29, 0.717) is 19.4 Å². The number of ether oxygens (including phenoxy) is 2. The highest BCUT2D eigenvalue weighted by Crippen LogP contribution is 2.12. The van der Waals surface area contributed by atoms with Gasteiger partial charge in [-0.3, -0.25) is 9.59 Å². The first kappa shape index (κ1) is 14.1. The van der Waals surface area contributed by atoms with Crippen molar-refractivity contribution in [2.75, 3.05) is 13.7 Å². The van der Waals surface area contributed by atoms with Gasteiger partial charge in [-0.1, -0.05) is 13.8 Å². The number of esters is 1. The Hall–Kier alpha value is -0.900. The van der Waals surface area contributed by atoms with Crippen molar-refractivity contribution in [2.24, 2.45) is 5.92 Å². The van der Waals surface area contributed by atoms with Crippen LogP contribution < -0.4 is 0 Å². The number of Topliss-reactive ketones (excluding diaryl/α,β-unsaturated/α-hetero) is 1. The van der Waals surface area contributed by atoms with Crippen LogP contribution in [0, 0.1) is 5.92 Å². The summed E-state index contributed by atoms with van der Waals surface area (Å²) in [7, 11) is 1.54. The van der Waals surface area contributed by atoms with Gasteiger partial charge in [0.2, 0.25) is 0 Å². The topological polar surface area (TPSA) is 52.6 Å². The first-order chi connectivity index (χ1) is 7.01. The highest BCUT2D eigenvalue weighted by atomic mass is 16.6. The second-order valence-electron chi connectivity index (χ2n) is 3.64. The molecule has 15 heavy (non-hydrogen) atoms. The molecule has 0 aromatic rings. The van der Waals surface area contributed by atoms with Gasteiger partial charge < -0.3 is 9.47 Å². The van der Waals surface area contributed by atoms with Crippen LogP contribution in [0.4, 0.5) is 0 Å². The Bertz CT molecular complexity index is 213. The number of ketones is 1. The molecule has 2 atom stereocenters. The van der Waals surface area contributed by atoms with E-state index in [9.17, 15) is 9.59 Å². The minimum Gasteiger partial charge on any atom is -0.460 e. The third-order valence-electron chi connectivity index (χ3n) is 2.20. The summed E-state index contributed by atoms with van der Waals surface area (Å²) >= 11 is 0. The van der Waals surface area contributed by atoms with Gasteiger partial charge in [0.15, 0.2) is 0 Å². The van der Waals surface area contributed by atoms with E-state index in [4.69, 9.17) is 9.47 Å². The van der Waals surface area contributed by atoms with Crippen LogP contribution in [0.1, 0.15) is 33.6 Å². The van der Waals surface area contributed by atoms with Gasteiger partial charge in [-0.15, -0.1) is 0 Å². The molecule has 0 amide bonds. The highest BCUT2D eigenvalue weighted by Gasteiger charge is 2.19. The fourth-order valence-electron chi connectivity index (χ4n) is 1.45. The Kier molecular flexibility index (Phi) is 6.96. The number of methoxy groups -OCH3 is 1. The highest BCUT2D eigenvalue weighted by molar-refractivity contribution is 5.80. The zero-order valence-electron chi connectivity index (χ0n) is 9.91. The number of hydrogen-bond acceptors (Lipinski definition) is 4. The van der Waals surface area contributed by atoms with Crippen LogP contribution in [0.5, 0.6) is 0 Å². The van der Waals surface area contributed by atoms with Gasteiger partial charge in [-0.25, -0.2) is 0 Å². The standard InChI is InChI=1S/C11H20O4/c1-5-11(13)8(2)6-10(7-14-4)15-9(3)12/h8,10H,5-7H2,1-4H3. The van der Waals surface area contributed by atoms with E-state index in [2.05, 4.69) is 0 Å². The van der Waals surface area contributed by atoms with Crippen LogP contribution in [0.15, 0.2) is 0 Å². The first-order valence-corrected chi connectivity index (χ1v) is 5.20. The van der Waals surface area contributed by atoms with E-state index < -0.39 is 0 Å². The molecule has 0 aliphatic rings. The maximum atomic E-state index is 11.4. The molecule has 0 aliphatic heterocycles. The Morgan fingerprint density at radius 3 is 2.33 bits per heavy atom. The minimum absolute atomic E-state index is 0.0884. The van der Waals surface area contributed by atoms with E-state index in [1.165, 1.54) is 6.92 Å². The molecule has 0 aliphatic carbocycles. The fourth-order valence-corrected chi connectivity index (χ4v) is 1.45. The summed E-state index contributed by atoms with van der Waals surface area (Å²) in [5, 5.41) is 0. The van der Waals surface area contributed by atoms with Crippen LogP contribution >= 0.6 is 0 Å². The summed E-state index contributed by atoms with van der Waals surface area (Å²) in [5.41, 5.74) is 0. The van der Waals surface area contributed by atoms with E-state index in [0.717, 1.165) is 0 Å². The molecule has 4 nitrogen and oxygen atoms in total. The molecule has 0 spiro atoms. The molecule has 88 valence electrons. The van der Waals surface area contributed by atoms with E-state index in [1.807, 2.05) is 13.8 Å². The molecule has 0 saturated carbocycles. The lowest BCUT2D eigenvalue weighted by molar-refractivity contribution is -0.150. The molecule has 0 rings (SSSR count). The molecule has 2 unspecified atom stereocenters. The number of carbonyl (C=O) groups excluding carboxylic acids is 2. The molecule has 0 aromatic heterocycles. The molecule has 0 N–H and O–H groups in total. The summed E-state index contributed by atoms with van der Waals surface area (Å²) in [5.74, 6) is -0.244. The van der Waals surface area contributed by atoms with Crippen LogP contribution in [-0.4, -0.2) is 31.6 Å². The second kappa shape index (κ2) is 7.40. The Morgan fingerprint density at radius 1 is 1.33 bits per heavy atom. The summed E-state index contributed by atoms with van der Waals surface area (Å²) in [6.07, 6.45) is 0.721. The van der Waals surface area contributed by atoms with Crippen LogP contribution in [0.25, 0.3) is 0 Å². The van der Waals surface area contributed by atoms with Gasteiger partial charge in [0, 0.05) is 26.4 Å². The summed E-state index contributed by atoms with van der Waals surface area (Å²) in [6.45, 7) is 5.36. The Labute approximate surface area is 90.9 Å². The van der Waals surface area contributed by atoms with Gasteiger partial charge in [0.1, 0.15) is 11.9 Å². The molecule has 4 heteroatoms. The molecule has 0 bridgehead atoms. The first-order valence-electron chi connectivity index (χ1n) is 5.20. The molecule has 0 heterocycles. The van der Waals surface area contributed by atoms with Gasteiger partial charge >= 0.3 is 5.97 Å². The number of rotatable bonds is 7. The van der Waals surface area contributed by atoms with E-state index in [1.54, 1.807) is 7.11 Å². The zero-order chi connectivity index (χ0) is 11.8. The van der Waals surface area contributed by atoms with Crippen molar-refractivity contribution < 1.29 is 19.1 Å². The molecular formula is C11H20O4. The zero-order valence-corrected chi connectivity index (χ0v) is 9.91. The van der Waals surface area contributed by atoms with Crippen LogP contribution in [0.3, 0.4) is 0 Å². The third kappa shape index (κ3) is 6.23. The van der Waals surface area contributed by atoms with Gasteiger partial charge in [0.05, 0.1) is 6.61 Å². The summed E-state index contributed by atoms with van der Waals surface area (Å²) in [4.78, 5) is 22.1. The average Bonchev–Trinajstić information content (AvgIpc) is 2.15. The molecule has 0 radical (unpaired) electrons. The van der Waals surface area contributed by atoms with Crippen molar-refractivity contribution in [3.05, 3.63) is 0 Å². The van der Waals surface area contributed by atoms with Crippen molar-refractivity contribution in [3.8, 4) is 0 Å². The van der Waals surface area contributed by atoms with E-state index >= 15 is 0 Å². The SMILES string of the molecule is CCC(=O)C(C)CC(COC)OC(C)=O. The van der Waals surface area contributed by atoms with Crippen molar-refractivity contribution in [2.45, 2.75) is 39.7 Å². The van der Waals surface area contributed by atoms with Crippen LogP contribution in [0.2, 0.25) is 0 Å². The lowest BCUT2D eigenvalue weighted by Gasteiger charge is -2.19. The van der Waals surface area contributed by atoms with Crippen molar-refractivity contribution >= 4 is 11.8 Å². The predicted octanol–water partition coefficient (Wildman–Crippen LogP) is 1.57. The third-order valence-corrected chi connectivity index (χ3v) is 2.20. The maximum absolute atomic E-state index is 11.4. The molecule has 0 aromatic carbocycles. The molecule has 0 fully saturated rings. The predicted molar refractivity (Wildman–Crippen MR) is 56.5 cm³/mol. The van der Waals surface area contributed by atoms with E-state index in [-0.39, 0.29) is 23.8 Å². The smallest absolute Gasteiger partial charge is 0.302 e. The fraction of sp³-hybridized carbons (Fsp3) is 0.818. The summed E-state index contributed by atoms with van der Waals surface area (Å²) < 4.78 is 9.97. The monoisotopic (exact) mass is 216 g/mol. The van der Waals surface area contributed by atoms with Gasteiger partial charge in [-0.05, 0) is 6.42 Å².